The molecule has 0 fully saturated rings. The van der Waals surface area contributed by atoms with Crippen molar-refractivity contribution in [2.45, 2.75) is 0 Å². The molecular formula is C18H11FN4O2. The minimum absolute atomic E-state index is 0.00776. The summed E-state index contributed by atoms with van der Waals surface area (Å²) in [5.41, 5.74) is 3.49. The Hall–Kier alpha value is -3.61. The van der Waals surface area contributed by atoms with Gasteiger partial charge in [-0.2, -0.15) is 5.10 Å². The third-order valence-electron chi connectivity index (χ3n) is 3.91. The fourth-order valence-corrected chi connectivity index (χ4v) is 2.72. The molecule has 0 unspecified atom stereocenters. The molecule has 0 saturated heterocycles. The molecule has 0 aliphatic carbocycles. The normalized spacial score (nSPS) is 10.9. The molecule has 0 bridgehead atoms. The Bertz CT molecular complexity index is 1090. The Kier molecular flexibility index (Phi) is 3.46. The van der Waals surface area contributed by atoms with E-state index in [4.69, 9.17) is 0 Å². The predicted octanol–water partition coefficient (Wildman–Crippen LogP) is 4.11. The first-order valence-electron chi connectivity index (χ1n) is 7.47. The molecule has 122 valence electrons. The lowest BCUT2D eigenvalue weighted by molar-refractivity contribution is -0.384. The van der Waals surface area contributed by atoms with Crippen LogP contribution in [0.25, 0.3) is 28.0 Å². The lowest BCUT2D eigenvalue weighted by Gasteiger charge is -2.05. The third kappa shape index (κ3) is 2.61. The molecule has 4 aromatic rings. The van der Waals surface area contributed by atoms with Crippen molar-refractivity contribution in [3.05, 3.63) is 82.9 Å². The minimum atomic E-state index is -0.436. The lowest BCUT2D eigenvalue weighted by Crippen LogP contribution is -1.96. The largest absolute Gasteiger partial charge is 0.270 e. The van der Waals surface area contributed by atoms with Crippen LogP contribution in [-0.2, 0) is 0 Å². The summed E-state index contributed by atoms with van der Waals surface area (Å²) in [6, 6.07) is 14.2. The molecule has 6 nitrogen and oxygen atoms in total. The molecule has 0 spiro atoms. The van der Waals surface area contributed by atoms with Gasteiger partial charge in [0.2, 0.25) is 0 Å². The zero-order valence-corrected chi connectivity index (χ0v) is 12.8. The van der Waals surface area contributed by atoms with Gasteiger partial charge in [0.25, 0.3) is 5.69 Å². The number of fused-ring (bicyclic) bond motifs is 1. The van der Waals surface area contributed by atoms with E-state index in [1.165, 1.54) is 24.3 Å². The van der Waals surface area contributed by atoms with E-state index in [0.717, 1.165) is 11.1 Å². The van der Waals surface area contributed by atoms with Crippen LogP contribution in [0.1, 0.15) is 0 Å². The van der Waals surface area contributed by atoms with Crippen molar-refractivity contribution in [1.29, 1.82) is 0 Å². The van der Waals surface area contributed by atoms with Crippen LogP contribution in [0.2, 0.25) is 0 Å². The zero-order valence-electron chi connectivity index (χ0n) is 12.8. The van der Waals surface area contributed by atoms with E-state index < -0.39 is 4.92 Å². The van der Waals surface area contributed by atoms with E-state index in [1.807, 2.05) is 0 Å². The van der Waals surface area contributed by atoms with Gasteiger partial charge in [-0.05, 0) is 23.8 Å². The summed E-state index contributed by atoms with van der Waals surface area (Å²) < 4.78 is 14.8. The van der Waals surface area contributed by atoms with Gasteiger partial charge in [-0.25, -0.2) is 13.9 Å². The van der Waals surface area contributed by atoms with Gasteiger partial charge in [-0.3, -0.25) is 10.1 Å². The molecular weight excluding hydrogens is 323 g/mol. The number of aromatic nitrogens is 3. The van der Waals surface area contributed by atoms with Gasteiger partial charge in [-0.15, -0.1) is 0 Å². The third-order valence-corrected chi connectivity index (χ3v) is 3.91. The van der Waals surface area contributed by atoms with Crippen molar-refractivity contribution in [3.8, 4) is 22.4 Å². The van der Waals surface area contributed by atoms with Gasteiger partial charge in [0.05, 0.1) is 16.8 Å². The second-order valence-electron chi connectivity index (χ2n) is 5.44. The summed E-state index contributed by atoms with van der Waals surface area (Å²) in [4.78, 5) is 14.9. The highest BCUT2D eigenvalue weighted by Gasteiger charge is 2.14. The van der Waals surface area contributed by atoms with Gasteiger partial charge in [0, 0.05) is 29.5 Å². The average molecular weight is 334 g/mol. The fourth-order valence-electron chi connectivity index (χ4n) is 2.72. The summed E-state index contributed by atoms with van der Waals surface area (Å²) in [5, 5.41) is 15.4. The molecule has 4 rings (SSSR count). The molecule has 2 heterocycles. The highest BCUT2D eigenvalue weighted by atomic mass is 19.1. The quantitative estimate of drug-likeness (QED) is 0.417. The van der Waals surface area contributed by atoms with E-state index in [-0.39, 0.29) is 11.5 Å². The number of non-ortho nitro benzene ring substituents is 1. The molecule has 0 aliphatic heterocycles. The van der Waals surface area contributed by atoms with Gasteiger partial charge in [0.1, 0.15) is 5.82 Å². The van der Waals surface area contributed by atoms with Crippen LogP contribution in [0.5, 0.6) is 0 Å². The fraction of sp³-hybridized carbons (Fsp3) is 0. The number of rotatable bonds is 3. The number of nitro groups is 1. The number of hydrogen-bond donors (Lipinski definition) is 0. The summed E-state index contributed by atoms with van der Waals surface area (Å²) in [5.74, 6) is -0.314. The van der Waals surface area contributed by atoms with Crippen molar-refractivity contribution < 1.29 is 9.31 Å². The summed E-state index contributed by atoms with van der Waals surface area (Å²) in [7, 11) is 0. The van der Waals surface area contributed by atoms with Crippen LogP contribution in [0.4, 0.5) is 10.1 Å². The second kappa shape index (κ2) is 5.79. The molecule has 0 radical (unpaired) electrons. The maximum absolute atomic E-state index is 13.1. The Morgan fingerprint density at radius 1 is 1.04 bits per heavy atom. The molecule has 0 saturated carbocycles. The molecule has 2 aromatic carbocycles. The first-order valence-corrected chi connectivity index (χ1v) is 7.47. The van der Waals surface area contributed by atoms with Crippen molar-refractivity contribution in [1.82, 2.24) is 14.6 Å². The van der Waals surface area contributed by atoms with Gasteiger partial charge in [-0.1, -0.05) is 24.3 Å². The number of hydrogen-bond acceptors (Lipinski definition) is 4. The van der Waals surface area contributed by atoms with E-state index in [9.17, 15) is 14.5 Å². The molecule has 0 atom stereocenters. The molecule has 0 N–H and O–H groups in total. The van der Waals surface area contributed by atoms with Crippen LogP contribution in [0.15, 0.2) is 67.0 Å². The molecule has 7 heteroatoms. The summed E-state index contributed by atoms with van der Waals surface area (Å²) in [6.45, 7) is 0. The Morgan fingerprint density at radius 3 is 2.60 bits per heavy atom. The molecule has 0 aliphatic rings. The lowest BCUT2D eigenvalue weighted by atomic mass is 10.1. The van der Waals surface area contributed by atoms with Crippen molar-refractivity contribution in [2.75, 3.05) is 0 Å². The van der Waals surface area contributed by atoms with E-state index in [1.54, 1.807) is 47.2 Å². The number of nitrogens with zero attached hydrogens (tertiary/aromatic N) is 4. The zero-order chi connectivity index (χ0) is 17.4. The van der Waals surface area contributed by atoms with E-state index >= 15 is 0 Å². The van der Waals surface area contributed by atoms with E-state index in [2.05, 4.69) is 10.1 Å². The second-order valence-corrected chi connectivity index (χ2v) is 5.44. The predicted molar refractivity (Wildman–Crippen MR) is 90.5 cm³/mol. The monoisotopic (exact) mass is 334 g/mol. The standard InChI is InChI=1S/C18H11FN4O2/c19-14-6-4-12(5-7-14)16-11-21-22-17(8-9-20-18(16)22)13-2-1-3-15(10-13)23(24)25/h1-11H. The van der Waals surface area contributed by atoms with Crippen LogP contribution in [0, 0.1) is 15.9 Å². The van der Waals surface area contributed by atoms with Crippen molar-refractivity contribution in [3.63, 3.8) is 0 Å². The molecule has 0 amide bonds. The van der Waals surface area contributed by atoms with Crippen molar-refractivity contribution >= 4 is 11.3 Å². The van der Waals surface area contributed by atoms with Gasteiger partial charge >= 0.3 is 0 Å². The van der Waals surface area contributed by atoms with Crippen LogP contribution in [0.3, 0.4) is 0 Å². The molecule has 25 heavy (non-hydrogen) atoms. The first-order chi connectivity index (χ1) is 12.1. The summed E-state index contributed by atoms with van der Waals surface area (Å²) >= 11 is 0. The average Bonchev–Trinajstić information content (AvgIpc) is 3.06. The van der Waals surface area contributed by atoms with E-state index in [0.29, 0.717) is 16.9 Å². The van der Waals surface area contributed by atoms with Crippen LogP contribution < -0.4 is 0 Å². The highest BCUT2D eigenvalue weighted by molar-refractivity contribution is 5.79. The SMILES string of the molecule is O=[N+]([O-])c1cccc(-c2ccnc3c(-c4ccc(F)cc4)cnn23)c1. The maximum Gasteiger partial charge on any atom is 0.270 e. The Labute approximate surface area is 141 Å². The maximum atomic E-state index is 13.1. The van der Waals surface area contributed by atoms with Crippen LogP contribution in [-0.4, -0.2) is 19.5 Å². The molecule has 2 aromatic heterocycles. The minimum Gasteiger partial charge on any atom is -0.258 e. The highest BCUT2D eigenvalue weighted by Crippen LogP contribution is 2.28. The topological polar surface area (TPSA) is 73.3 Å². The van der Waals surface area contributed by atoms with Gasteiger partial charge < -0.3 is 0 Å². The summed E-state index contributed by atoms with van der Waals surface area (Å²) in [6.07, 6.45) is 3.27. The number of halogens is 1. The van der Waals surface area contributed by atoms with Crippen molar-refractivity contribution in [2.24, 2.45) is 0 Å². The number of nitro benzene ring substituents is 1. The van der Waals surface area contributed by atoms with Gasteiger partial charge in [0.15, 0.2) is 5.65 Å². The smallest absolute Gasteiger partial charge is 0.258 e. The Balaban J connectivity index is 1.89. The Morgan fingerprint density at radius 2 is 1.84 bits per heavy atom. The van der Waals surface area contributed by atoms with Crippen LogP contribution >= 0.6 is 0 Å². The number of benzene rings is 2. The first kappa shape index (κ1) is 14.9.